The Kier molecular flexibility index (Phi) is 3.70. The Morgan fingerprint density at radius 2 is 2.04 bits per heavy atom. The standard InChI is InChI=1S/C21H20N4O2/c26-20(17-5-3-6-18(12-17)25-15-22-14-23-25)24-11-10-21(13-24)9-8-16-4-1-2-7-19(16)27-21/h1-7,12,14-15H,8-11,13H2. The van der Waals surface area contributed by atoms with Gasteiger partial charge in [-0.25, -0.2) is 9.67 Å². The highest BCUT2D eigenvalue weighted by atomic mass is 16.5. The van der Waals surface area contributed by atoms with Crippen LogP contribution in [0.25, 0.3) is 5.69 Å². The van der Waals surface area contributed by atoms with Gasteiger partial charge in [-0.2, -0.15) is 5.10 Å². The normalized spacial score (nSPS) is 21.1. The van der Waals surface area contributed by atoms with Crippen molar-refractivity contribution >= 4 is 5.91 Å². The largest absolute Gasteiger partial charge is 0.485 e. The molecule has 1 spiro atoms. The van der Waals surface area contributed by atoms with Crippen LogP contribution in [0.4, 0.5) is 0 Å². The number of para-hydroxylation sites is 1. The van der Waals surface area contributed by atoms with Gasteiger partial charge in [0.2, 0.25) is 0 Å². The molecule has 1 unspecified atom stereocenters. The molecule has 3 heterocycles. The third-order valence-electron chi connectivity index (χ3n) is 5.53. The maximum atomic E-state index is 13.1. The van der Waals surface area contributed by atoms with Crippen LogP contribution in [0.5, 0.6) is 5.75 Å². The van der Waals surface area contributed by atoms with E-state index in [1.165, 1.54) is 11.9 Å². The lowest BCUT2D eigenvalue weighted by Gasteiger charge is -2.35. The van der Waals surface area contributed by atoms with Gasteiger partial charge in [-0.3, -0.25) is 4.79 Å². The van der Waals surface area contributed by atoms with Crippen LogP contribution in [0, 0.1) is 0 Å². The van der Waals surface area contributed by atoms with Gasteiger partial charge < -0.3 is 9.64 Å². The fourth-order valence-corrected chi connectivity index (χ4v) is 4.07. The zero-order chi connectivity index (χ0) is 18.3. The number of rotatable bonds is 2. The summed E-state index contributed by atoms with van der Waals surface area (Å²) < 4.78 is 8.02. The number of aryl methyl sites for hydroxylation is 1. The van der Waals surface area contributed by atoms with Gasteiger partial charge in [0.15, 0.2) is 0 Å². The Balaban J connectivity index is 1.35. The van der Waals surface area contributed by atoms with E-state index in [-0.39, 0.29) is 11.5 Å². The second-order valence-electron chi connectivity index (χ2n) is 7.26. The minimum Gasteiger partial charge on any atom is -0.485 e. The molecule has 27 heavy (non-hydrogen) atoms. The summed E-state index contributed by atoms with van der Waals surface area (Å²) in [5.74, 6) is 1.00. The SMILES string of the molecule is O=C(c1cccc(-n2cncn2)c1)N1CCC2(CCc3ccccc3O2)C1. The number of likely N-dealkylation sites (tertiary alicyclic amines) is 1. The van der Waals surface area contributed by atoms with Gasteiger partial charge in [0.05, 0.1) is 12.2 Å². The van der Waals surface area contributed by atoms with E-state index in [0.29, 0.717) is 18.7 Å². The number of benzene rings is 2. The molecule has 1 amide bonds. The quantitative estimate of drug-likeness (QED) is 0.705. The van der Waals surface area contributed by atoms with E-state index in [0.717, 1.165) is 30.7 Å². The maximum absolute atomic E-state index is 13.1. The molecular weight excluding hydrogens is 340 g/mol. The van der Waals surface area contributed by atoms with Gasteiger partial charge in [-0.15, -0.1) is 0 Å². The van der Waals surface area contributed by atoms with Crippen LogP contribution < -0.4 is 4.74 Å². The van der Waals surface area contributed by atoms with Crippen molar-refractivity contribution in [2.24, 2.45) is 0 Å². The summed E-state index contributed by atoms with van der Waals surface area (Å²) in [4.78, 5) is 18.9. The second-order valence-corrected chi connectivity index (χ2v) is 7.26. The molecule has 0 radical (unpaired) electrons. The summed E-state index contributed by atoms with van der Waals surface area (Å²) in [6.07, 6.45) is 5.93. The predicted molar refractivity (Wildman–Crippen MR) is 100 cm³/mol. The number of hydrogen-bond donors (Lipinski definition) is 0. The first-order valence-corrected chi connectivity index (χ1v) is 9.24. The highest BCUT2D eigenvalue weighted by Gasteiger charge is 2.44. The van der Waals surface area contributed by atoms with E-state index < -0.39 is 0 Å². The first kappa shape index (κ1) is 16.1. The Labute approximate surface area is 157 Å². The molecule has 1 saturated heterocycles. The molecule has 6 nitrogen and oxygen atoms in total. The number of aromatic nitrogens is 3. The van der Waals surface area contributed by atoms with Crippen molar-refractivity contribution in [1.82, 2.24) is 19.7 Å². The second kappa shape index (κ2) is 6.23. The molecule has 2 aliphatic rings. The molecule has 0 N–H and O–H groups in total. The number of fused-ring (bicyclic) bond motifs is 1. The van der Waals surface area contributed by atoms with Gasteiger partial charge >= 0.3 is 0 Å². The lowest BCUT2D eigenvalue weighted by atomic mass is 9.90. The molecule has 6 heteroatoms. The van der Waals surface area contributed by atoms with E-state index >= 15 is 0 Å². The average molecular weight is 360 g/mol. The monoisotopic (exact) mass is 360 g/mol. The van der Waals surface area contributed by atoms with E-state index in [1.807, 2.05) is 47.4 Å². The maximum Gasteiger partial charge on any atom is 0.254 e. The fourth-order valence-electron chi connectivity index (χ4n) is 4.07. The van der Waals surface area contributed by atoms with Crippen molar-refractivity contribution in [2.45, 2.75) is 24.9 Å². The van der Waals surface area contributed by atoms with Gasteiger partial charge in [-0.05, 0) is 42.7 Å². The third-order valence-corrected chi connectivity index (χ3v) is 5.53. The van der Waals surface area contributed by atoms with E-state index in [2.05, 4.69) is 16.1 Å². The smallest absolute Gasteiger partial charge is 0.254 e. The number of carbonyl (C=O) groups is 1. The van der Waals surface area contributed by atoms with Crippen molar-refractivity contribution < 1.29 is 9.53 Å². The molecule has 0 aliphatic carbocycles. The Morgan fingerprint density at radius 3 is 2.93 bits per heavy atom. The van der Waals surface area contributed by atoms with Crippen LogP contribution in [0.15, 0.2) is 61.2 Å². The van der Waals surface area contributed by atoms with Crippen molar-refractivity contribution in [3.8, 4) is 11.4 Å². The molecule has 1 fully saturated rings. The number of amides is 1. The number of hydrogen-bond acceptors (Lipinski definition) is 4. The van der Waals surface area contributed by atoms with Gasteiger partial charge in [0.25, 0.3) is 5.91 Å². The zero-order valence-corrected chi connectivity index (χ0v) is 14.9. The number of nitrogens with zero attached hydrogens (tertiary/aromatic N) is 4. The van der Waals surface area contributed by atoms with Gasteiger partial charge in [0.1, 0.15) is 24.0 Å². The van der Waals surface area contributed by atoms with Crippen LogP contribution in [-0.4, -0.2) is 44.3 Å². The summed E-state index contributed by atoms with van der Waals surface area (Å²) >= 11 is 0. The Bertz CT molecular complexity index is 985. The van der Waals surface area contributed by atoms with E-state index in [9.17, 15) is 4.79 Å². The van der Waals surface area contributed by atoms with Crippen molar-refractivity contribution in [3.63, 3.8) is 0 Å². The third kappa shape index (κ3) is 2.87. The molecule has 1 aromatic heterocycles. The molecule has 136 valence electrons. The summed E-state index contributed by atoms with van der Waals surface area (Å²) in [6.45, 7) is 1.35. The highest BCUT2D eigenvalue weighted by Crippen LogP contribution is 2.38. The predicted octanol–water partition coefficient (Wildman–Crippen LogP) is 2.88. The van der Waals surface area contributed by atoms with E-state index in [4.69, 9.17) is 4.74 Å². The highest BCUT2D eigenvalue weighted by molar-refractivity contribution is 5.95. The number of ether oxygens (including phenoxy) is 1. The average Bonchev–Trinajstić information content (AvgIpc) is 3.38. The van der Waals surface area contributed by atoms with Gasteiger partial charge in [-0.1, -0.05) is 24.3 Å². The molecule has 3 aromatic rings. The molecule has 2 aliphatic heterocycles. The summed E-state index contributed by atoms with van der Waals surface area (Å²) in [6, 6.07) is 15.7. The molecule has 1 atom stereocenters. The first-order valence-electron chi connectivity index (χ1n) is 9.24. The molecule has 5 rings (SSSR count). The lowest BCUT2D eigenvalue weighted by molar-refractivity contribution is 0.0485. The van der Waals surface area contributed by atoms with Crippen LogP contribution in [0.2, 0.25) is 0 Å². The summed E-state index contributed by atoms with van der Waals surface area (Å²) in [7, 11) is 0. The zero-order valence-electron chi connectivity index (χ0n) is 14.9. The number of carbonyl (C=O) groups excluding carboxylic acids is 1. The minimum absolute atomic E-state index is 0.0382. The van der Waals surface area contributed by atoms with Crippen LogP contribution >= 0.6 is 0 Å². The van der Waals surface area contributed by atoms with Crippen molar-refractivity contribution in [2.75, 3.05) is 13.1 Å². The topological polar surface area (TPSA) is 60.2 Å². The lowest BCUT2D eigenvalue weighted by Crippen LogP contribution is -2.43. The van der Waals surface area contributed by atoms with Gasteiger partial charge in [0, 0.05) is 18.5 Å². The van der Waals surface area contributed by atoms with Crippen LogP contribution in [0.3, 0.4) is 0 Å². The fraction of sp³-hybridized carbons (Fsp3) is 0.286. The van der Waals surface area contributed by atoms with Crippen molar-refractivity contribution in [1.29, 1.82) is 0 Å². The molecule has 0 saturated carbocycles. The van der Waals surface area contributed by atoms with Crippen LogP contribution in [-0.2, 0) is 6.42 Å². The Hall–Kier alpha value is -3.15. The molecule has 0 bridgehead atoms. The summed E-state index contributed by atoms with van der Waals surface area (Å²) in [5.41, 5.74) is 2.49. The first-order chi connectivity index (χ1) is 13.2. The van der Waals surface area contributed by atoms with E-state index in [1.54, 1.807) is 11.0 Å². The molecule has 2 aromatic carbocycles. The van der Waals surface area contributed by atoms with Crippen LogP contribution in [0.1, 0.15) is 28.8 Å². The molecular formula is C21H20N4O2. The minimum atomic E-state index is -0.256. The van der Waals surface area contributed by atoms with Crippen molar-refractivity contribution in [3.05, 3.63) is 72.3 Å². The summed E-state index contributed by atoms with van der Waals surface area (Å²) in [5, 5.41) is 4.13. The Morgan fingerprint density at radius 1 is 1.11 bits per heavy atom.